The summed E-state index contributed by atoms with van der Waals surface area (Å²) in [5, 5.41) is 5.20. The maximum absolute atomic E-state index is 14.2. The first-order chi connectivity index (χ1) is 27.3. The summed E-state index contributed by atoms with van der Waals surface area (Å²) in [5.41, 5.74) is 6.42. The number of ether oxygens (including phenoxy) is 2. The summed E-state index contributed by atoms with van der Waals surface area (Å²) in [7, 11) is 2.55. The van der Waals surface area contributed by atoms with Gasteiger partial charge in [0.1, 0.15) is 24.2 Å². The maximum atomic E-state index is 14.2. The Kier molecular flexibility index (Phi) is 11.4. The van der Waals surface area contributed by atoms with Gasteiger partial charge in [-0.2, -0.15) is 0 Å². The van der Waals surface area contributed by atoms with E-state index < -0.39 is 18.2 Å². The fourth-order valence-electron chi connectivity index (χ4n) is 7.90. The molecule has 4 N–H and O–H groups in total. The Morgan fingerprint density at radius 2 is 1.45 bits per heavy atom. The van der Waals surface area contributed by atoms with Gasteiger partial charge < -0.3 is 39.9 Å². The number of H-pyrrole nitrogens is 2. The van der Waals surface area contributed by atoms with Gasteiger partial charge in [0.15, 0.2) is 0 Å². The fraction of sp³-hybridized carbons (Fsp3) is 0.333. The molecule has 0 radical (unpaired) electrons. The molecule has 14 nitrogen and oxygen atoms in total. The number of methoxy groups -OCH3 is 2. The third-order valence-corrected chi connectivity index (χ3v) is 10.7. The maximum Gasteiger partial charge on any atom is 0.407 e. The number of rotatable bonds is 13. The average molecular weight is 759 g/mol. The summed E-state index contributed by atoms with van der Waals surface area (Å²) in [4.78, 5) is 70.4. The second-order valence-corrected chi connectivity index (χ2v) is 14.1. The van der Waals surface area contributed by atoms with Crippen LogP contribution in [0.15, 0.2) is 91.3 Å². The second kappa shape index (κ2) is 16.9. The van der Waals surface area contributed by atoms with Crippen LogP contribution in [0.3, 0.4) is 0 Å². The van der Waals surface area contributed by atoms with Crippen LogP contribution < -0.4 is 10.6 Å². The summed E-state index contributed by atoms with van der Waals surface area (Å²) >= 11 is 0. The Balaban J connectivity index is 1.02. The highest BCUT2D eigenvalue weighted by molar-refractivity contribution is 5.88. The molecule has 2 aliphatic rings. The minimum Gasteiger partial charge on any atom is -0.453 e. The first-order valence-electron chi connectivity index (χ1n) is 18.9. The number of nitrogens with one attached hydrogen (secondary N) is 4. The van der Waals surface area contributed by atoms with Crippen LogP contribution in [-0.4, -0.2) is 87.1 Å². The molecule has 4 amide bonds. The van der Waals surface area contributed by atoms with Crippen molar-refractivity contribution in [3.8, 4) is 33.6 Å². The van der Waals surface area contributed by atoms with Crippen LogP contribution in [0.5, 0.6) is 0 Å². The number of amides is 4. The van der Waals surface area contributed by atoms with Crippen molar-refractivity contribution in [3.05, 3.63) is 108 Å². The van der Waals surface area contributed by atoms with Crippen LogP contribution in [0.2, 0.25) is 0 Å². The summed E-state index contributed by atoms with van der Waals surface area (Å²) in [6.45, 7) is 2.66. The molecule has 3 heterocycles. The molecule has 2 aromatic heterocycles. The van der Waals surface area contributed by atoms with Gasteiger partial charge in [-0.3, -0.25) is 9.59 Å². The van der Waals surface area contributed by atoms with E-state index in [0.717, 1.165) is 65.1 Å². The molecule has 2 fully saturated rings. The first-order valence-corrected chi connectivity index (χ1v) is 18.9. The third kappa shape index (κ3) is 8.14. The van der Waals surface area contributed by atoms with Gasteiger partial charge in [-0.15, -0.1) is 0 Å². The Labute approximate surface area is 325 Å². The zero-order chi connectivity index (χ0) is 39.2. The molecule has 7 rings (SSSR count). The van der Waals surface area contributed by atoms with Gasteiger partial charge in [-0.1, -0.05) is 85.8 Å². The molecule has 5 aromatic rings. The molecule has 290 valence electrons. The topological polar surface area (TPSA) is 175 Å². The number of benzene rings is 3. The highest BCUT2D eigenvalue weighted by Gasteiger charge is 2.51. The lowest BCUT2D eigenvalue weighted by Gasteiger charge is -2.36. The van der Waals surface area contributed by atoms with Crippen LogP contribution in [0.1, 0.15) is 61.9 Å². The number of nitrogens with zero attached hydrogens (tertiary/aromatic N) is 4. The number of hydrogen-bond acceptors (Lipinski definition) is 8. The lowest BCUT2D eigenvalue weighted by atomic mass is 9.96. The number of carbonyl (C=O) groups excluding carboxylic acids is 4. The minimum atomic E-state index is -0.874. The van der Waals surface area contributed by atoms with Crippen molar-refractivity contribution < 1.29 is 28.7 Å². The van der Waals surface area contributed by atoms with Crippen LogP contribution in [0.25, 0.3) is 33.6 Å². The second-order valence-electron chi connectivity index (χ2n) is 14.1. The van der Waals surface area contributed by atoms with E-state index in [0.29, 0.717) is 24.5 Å². The van der Waals surface area contributed by atoms with Crippen LogP contribution in [0, 0.1) is 5.92 Å². The van der Waals surface area contributed by atoms with Crippen molar-refractivity contribution in [2.45, 2.75) is 57.3 Å². The molecule has 1 aliphatic heterocycles. The molecule has 56 heavy (non-hydrogen) atoms. The standard InChI is InChI=1S/C42H46N8O6/c1-4-20-49(36(51)24-45-41(53)55-2)25-35-43-22-33(46-35)28-14-10-26(11-15-28)27-12-16-29(17-13-27)34-23-44-39(47-34)38-31-18-19-32(21-31)50(38)40(52)37(48-42(54)56-3)30-8-6-5-7-9-30/h5-17,22-23,31-32,37-38H,4,18-21,24-25H2,1-3H3,(H,43,46)(H,44,47)(H,45,53)(H,48,54)/t31-,32+,37+,38-/m0/s1. The van der Waals surface area contributed by atoms with E-state index >= 15 is 0 Å². The Hall–Kier alpha value is -6.44. The quantitative estimate of drug-likeness (QED) is 0.107. The summed E-state index contributed by atoms with van der Waals surface area (Å²) < 4.78 is 9.44. The molecular weight excluding hydrogens is 713 g/mol. The zero-order valence-corrected chi connectivity index (χ0v) is 31.7. The number of hydrogen-bond donors (Lipinski definition) is 4. The summed E-state index contributed by atoms with van der Waals surface area (Å²) in [6.07, 6.45) is 5.87. The highest BCUT2D eigenvalue weighted by Crippen LogP contribution is 2.50. The molecular formula is C42H46N8O6. The van der Waals surface area contributed by atoms with E-state index in [1.54, 1.807) is 11.1 Å². The van der Waals surface area contributed by atoms with E-state index in [1.165, 1.54) is 14.2 Å². The minimum absolute atomic E-state index is 0.0766. The Morgan fingerprint density at radius 3 is 2.09 bits per heavy atom. The SMILES string of the molecule is CCCN(Cc1ncc(-c2ccc(-c3ccc(-c4cnc([C@@H]5[C@H]6CC[C@H](C6)N5C(=O)[C@H](NC(=O)OC)c5ccccc5)[nH]4)cc3)cc2)[nH]1)C(=O)CNC(=O)OC. The van der Waals surface area contributed by atoms with Crippen molar-refractivity contribution in [2.75, 3.05) is 27.3 Å². The molecule has 2 bridgehead atoms. The average Bonchev–Trinajstić information content (AvgIpc) is 4.08. The molecule has 4 atom stereocenters. The Morgan fingerprint density at radius 1 is 0.821 bits per heavy atom. The molecule has 1 saturated heterocycles. The van der Waals surface area contributed by atoms with Gasteiger partial charge in [0.05, 0.1) is 50.6 Å². The van der Waals surface area contributed by atoms with Crippen LogP contribution >= 0.6 is 0 Å². The fourth-order valence-corrected chi connectivity index (χ4v) is 7.90. The smallest absolute Gasteiger partial charge is 0.407 e. The number of aromatic amines is 2. The van der Waals surface area contributed by atoms with E-state index in [1.807, 2.05) is 60.5 Å². The number of aromatic nitrogens is 4. The number of imidazole rings is 2. The van der Waals surface area contributed by atoms with Crippen molar-refractivity contribution in [2.24, 2.45) is 5.92 Å². The Bertz CT molecular complexity index is 2150. The predicted molar refractivity (Wildman–Crippen MR) is 209 cm³/mol. The van der Waals surface area contributed by atoms with Gasteiger partial charge in [-0.25, -0.2) is 19.6 Å². The molecule has 3 aromatic carbocycles. The first kappa shape index (κ1) is 37.9. The highest BCUT2D eigenvalue weighted by atomic mass is 16.5. The number of alkyl carbamates (subject to hydrolysis) is 2. The normalized spacial score (nSPS) is 17.6. The molecule has 1 saturated carbocycles. The van der Waals surface area contributed by atoms with E-state index in [4.69, 9.17) is 9.72 Å². The largest absolute Gasteiger partial charge is 0.453 e. The summed E-state index contributed by atoms with van der Waals surface area (Å²) in [5.74, 6) is 1.27. The molecule has 14 heteroatoms. The van der Waals surface area contributed by atoms with Gasteiger partial charge in [0.2, 0.25) is 5.91 Å². The lowest BCUT2D eigenvalue weighted by Crippen LogP contribution is -2.47. The number of likely N-dealkylation sites (tertiary alicyclic amines) is 1. The molecule has 1 aliphatic carbocycles. The van der Waals surface area contributed by atoms with Gasteiger partial charge in [0.25, 0.3) is 5.91 Å². The monoisotopic (exact) mass is 758 g/mol. The zero-order valence-electron chi connectivity index (χ0n) is 31.7. The van der Waals surface area contributed by atoms with Crippen molar-refractivity contribution in [1.29, 1.82) is 0 Å². The summed E-state index contributed by atoms with van der Waals surface area (Å²) in [6, 6.07) is 24.7. The van der Waals surface area contributed by atoms with E-state index in [2.05, 4.69) is 66.7 Å². The predicted octanol–water partition coefficient (Wildman–Crippen LogP) is 6.38. The van der Waals surface area contributed by atoms with Gasteiger partial charge in [-0.05, 0) is 59.4 Å². The number of fused-ring (bicyclic) bond motifs is 2. The molecule has 0 unspecified atom stereocenters. The lowest BCUT2D eigenvalue weighted by molar-refractivity contribution is -0.138. The number of piperidine rings is 1. The van der Waals surface area contributed by atoms with Crippen molar-refractivity contribution in [3.63, 3.8) is 0 Å². The van der Waals surface area contributed by atoms with Crippen LogP contribution in [-0.2, 0) is 25.6 Å². The third-order valence-electron chi connectivity index (χ3n) is 10.7. The molecule has 0 spiro atoms. The van der Waals surface area contributed by atoms with Gasteiger partial charge in [0, 0.05) is 12.6 Å². The van der Waals surface area contributed by atoms with Crippen LogP contribution in [0.4, 0.5) is 9.59 Å². The number of carbonyl (C=O) groups is 4. The van der Waals surface area contributed by atoms with Gasteiger partial charge >= 0.3 is 12.2 Å². The van der Waals surface area contributed by atoms with Crippen molar-refractivity contribution in [1.82, 2.24) is 40.4 Å². The van der Waals surface area contributed by atoms with Crippen molar-refractivity contribution >= 4 is 24.0 Å². The van der Waals surface area contributed by atoms with E-state index in [9.17, 15) is 19.2 Å². The van der Waals surface area contributed by atoms with E-state index in [-0.39, 0.29) is 36.4 Å².